The molecule has 3 N–H and O–H groups in total. The summed E-state index contributed by atoms with van der Waals surface area (Å²) in [6, 6.07) is 1.50. The van der Waals surface area contributed by atoms with Gasteiger partial charge in [-0.3, -0.25) is 0 Å². The molecule has 0 radical (unpaired) electrons. The molecule has 3 fully saturated rings. The molecular weight excluding hydrogens is 302 g/mol. The molecule has 2 aliphatic carbocycles. The number of amides is 1. The average molecular weight is 338 g/mol. The molecule has 0 aromatic heterocycles. The van der Waals surface area contributed by atoms with Crippen molar-refractivity contribution in [2.24, 2.45) is 11.8 Å². The van der Waals surface area contributed by atoms with Gasteiger partial charge in [-0.2, -0.15) is 0 Å². The normalized spacial score (nSPS) is 31.9. The molecule has 0 bridgehead atoms. The third-order valence-corrected chi connectivity index (χ3v) is 5.68. The van der Waals surface area contributed by atoms with Crippen molar-refractivity contribution in [1.82, 2.24) is 16.0 Å². The molecule has 0 aromatic rings. The third kappa shape index (κ3) is 5.09. The van der Waals surface area contributed by atoms with E-state index in [4.69, 9.17) is 4.74 Å². The summed E-state index contributed by atoms with van der Waals surface area (Å²) in [5.41, 5.74) is -0.434. The SMILES string of the molecule is CC(C)(C)OC(=O)NC(CNC1CCCC1C1CCCN1)C1CC1. The van der Waals surface area contributed by atoms with E-state index in [1.807, 2.05) is 20.8 Å². The highest BCUT2D eigenvalue weighted by Crippen LogP contribution is 2.34. The van der Waals surface area contributed by atoms with Crippen LogP contribution in [0.2, 0.25) is 0 Å². The number of carbonyl (C=O) groups is 1. The predicted molar refractivity (Wildman–Crippen MR) is 96.0 cm³/mol. The van der Waals surface area contributed by atoms with Crippen LogP contribution in [0.25, 0.3) is 0 Å². The van der Waals surface area contributed by atoms with Gasteiger partial charge in [0.25, 0.3) is 0 Å². The van der Waals surface area contributed by atoms with Crippen LogP contribution in [0.3, 0.4) is 0 Å². The Morgan fingerprint density at radius 3 is 2.58 bits per heavy atom. The second-order valence-electron chi connectivity index (χ2n) is 8.90. The number of carbonyl (C=O) groups excluding carboxylic acids is 1. The largest absolute Gasteiger partial charge is 0.444 e. The Hall–Kier alpha value is -0.810. The molecule has 0 aromatic carbocycles. The van der Waals surface area contributed by atoms with Crippen LogP contribution in [0, 0.1) is 11.8 Å². The van der Waals surface area contributed by atoms with Gasteiger partial charge in [-0.15, -0.1) is 0 Å². The molecule has 3 rings (SSSR count). The zero-order chi connectivity index (χ0) is 17.2. The van der Waals surface area contributed by atoms with Crippen molar-refractivity contribution in [3.63, 3.8) is 0 Å². The Morgan fingerprint density at radius 1 is 1.17 bits per heavy atom. The molecule has 5 heteroatoms. The maximum Gasteiger partial charge on any atom is 0.407 e. The first-order chi connectivity index (χ1) is 11.4. The summed E-state index contributed by atoms with van der Waals surface area (Å²) in [6.07, 6.45) is 8.75. The lowest BCUT2D eigenvalue weighted by atomic mass is 9.93. The van der Waals surface area contributed by atoms with Gasteiger partial charge in [0.05, 0.1) is 0 Å². The van der Waals surface area contributed by atoms with E-state index in [-0.39, 0.29) is 12.1 Å². The minimum absolute atomic E-state index is 0.206. The molecule has 2 saturated carbocycles. The Morgan fingerprint density at radius 2 is 1.96 bits per heavy atom. The van der Waals surface area contributed by atoms with Crippen molar-refractivity contribution in [1.29, 1.82) is 0 Å². The van der Waals surface area contributed by atoms with Crippen LogP contribution in [-0.4, -0.2) is 42.9 Å². The van der Waals surface area contributed by atoms with E-state index in [0.29, 0.717) is 18.0 Å². The number of hydrogen-bond acceptors (Lipinski definition) is 4. The first-order valence-electron chi connectivity index (χ1n) is 9.88. The Kier molecular flexibility index (Phi) is 5.70. The van der Waals surface area contributed by atoms with Crippen LogP contribution in [0.5, 0.6) is 0 Å². The van der Waals surface area contributed by atoms with Crippen molar-refractivity contribution in [2.75, 3.05) is 13.1 Å². The first kappa shape index (κ1) is 18.0. The van der Waals surface area contributed by atoms with E-state index in [1.165, 1.54) is 51.5 Å². The number of alkyl carbamates (subject to hydrolysis) is 1. The van der Waals surface area contributed by atoms with Gasteiger partial charge in [-0.05, 0) is 77.7 Å². The standard InChI is InChI=1S/C19H35N3O2/c1-19(2,3)24-18(23)22-17(13-9-10-13)12-21-16-7-4-6-14(16)15-8-5-11-20-15/h13-17,20-21H,4-12H2,1-3H3,(H,22,23). The molecule has 24 heavy (non-hydrogen) atoms. The van der Waals surface area contributed by atoms with Crippen molar-refractivity contribution in [3.8, 4) is 0 Å². The molecule has 5 nitrogen and oxygen atoms in total. The second kappa shape index (κ2) is 7.61. The van der Waals surface area contributed by atoms with E-state index in [0.717, 1.165) is 12.5 Å². The summed E-state index contributed by atoms with van der Waals surface area (Å²) >= 11 is 0. The topological polar surface area (TPSA) is 62.4 Å². The van der Waals surface area contributed by atoms with Crippen LogP contribution in [-0.2, 0) is 4.74 Å². The number of ether oxygens (including phenoxy) is 1. The molecule has 4 unspecified atom stereocenters. The van der Waals surface area contributed by atoms with Crippen molar-refractivity contribution in [2.45, 2.75) is 89.4 Å². The summed E-state index contributed by atoms with van der Waals surface area (Å²) in [7, 11) is 0. The molecule has 1 heterocycles. The Labute approximate surface area is 146 Å². The van der Waals surface area contributed by atoms with Gasteiger partial charge in [0.1, 0.15) is 5.60 Å². The lowest BCUT2D eigenvalue weighted by Crippen LogP contribution is -2.50. The summed E-state index contributed by atoms with van der Waals surface area (Å²) in [4.78, 5) is 12.1. The molecule has 3 aliphatic rings. The number of hydrogen-bond donors (Lipinski definition) is 3. The zero-order valence-corrected chi connectivity index (χ0v) is 15.6. The van der Waals surface area contributed by atoms with E-state index >= 15 is 0 Å². The summed E-state index contributed by atoms with van der Waals surface area (Å²) in [6.45, 7) is 7.79. The van der Waals surface area contributed by atoms with Crippen molar-refractivity contribution >= 4 is 6.09 Å². The summed E-state index contributed by atoms with van der Waals surface area (Å²) < 4.78 is 5.43. The van der Waals surface area contributed by atoms with E-state index in [9.17, 15) is 4.79 Å². The minimum atomic E-state index is -0.434. The van der Waals surface area contributed by atoms with Crippen LogP contribution in [0.15, 0.2) is 0 Å². The first-order valence-corrected chi connectivity index (χ1v) is 9.88. The van der Waals surface area contributed by atoms with Gasteiger partial charge in [0, 0.05) is 24.7 Å². The fraction of sp³-hybridized carbons (Fsp3) is 0.947. The fourth-order valence-corrected chi connectivity index (χ4v) is 4.37. The second-order valence-corrected chi connectivity index (χ2v) is 8.90. The highest BCUT2D eigenvalue weighted by atomic mass is 16.6. The van der Waals surface area contributed by atoms with Gasteiger partial charge in [-0.25, -0.2) is 4.79 Å². The third-order valence-electron chi connectivity index (χ3n) is 5.68. The van der Waals surface area contributed by atoms with Crippen LogP contribution < -0.4 is 16.0 Å². The Bertz CT molecular complexity index is 425. The van der Waals surface area contributed by atoms with Crippen LogP contribution in [0.1, 0.15) is 65.7 Å². The fourth-order valence-electron chi connectivity index (χ4n) is 4.37. The smallest absolute Gasteiger partial charge is 0.407 e. The zero-order valence-electron chi connectivity index (χ0n) is 15.6. The summed E-state index contributed by atoms with van der Waals surface area (Å²) in [5, 5.41) is 10.6. The summed E-state index contributed by atoms with van der Waals surface area (Å²) in [5.74, 6) is 1.38. The highest BCUT2D eigenvalue weighted by molar-refractivity contribution is 5.68. The Balaban J connectivity index is 1.48. The van der Waals surface area contributed by atoms with E-state index < -0.39 is 5.60 Å². The minimum Gasteiger partial charge on any atom is -0.444 e. The molecule has 0 spiro atoms. The lowest BCUT2D eigenvalue weighted by Gasteiger charge is -2.29. The van der Waals surface area contributed by atoms with Crippen LogP contribution >= 0.6 is 0 Å². The van der Waals surface area contributed by atoms with Crippen molar-refractivity contribution in [3.05, 3.63) is 0 Å². The predicted octanol–water partition coefficient (Wildman–Crippen LogP) is 2.80. The highest BCUT2D eigenvalue weighted by Gasteiger charge is 2.37. The molecule has 1 saturated heterocycles. The number of nitrogens with one attached hydrogen (secondary N) is 3. The molecule has 1 aliphatic heterocycles. The van der Waals surface area contributed by atoms with Gasteiger partial charge in [-0.1, -0.05) is 6.42 Å². The monoisotopic (exact) mass is 337 g/mol. The van der Waals surface area contributed by atoms with E-state index in [1.54, 1.807) is 0 Å². The van der Waals surface area contributed by atoms with E-state index in [2.05, 4.69) is 16.0 Å². The molecule has 138 valence electrons. The van der Waals surface area contributed by atoms with Gasteiger partial charge in [0.15, 0.2) is 0 Å². The lowest BCUT2D eigenvalue weighted by molar-refractivity contribution is 0.0496. The number of rotatable bonds is 6. The maximum atomic E-state index is 12.1. The molecular formula is C19H35N3O2. The van der Waals surface area contributed by atoms with Gasteiger partial charge in [0.2, 0.25) is 0 Å². The quantitative estimate of drug-likeness (QED) is 0.697. The maximum absolute atomic E-state index is 12.1. The van der Waals surface area contributed by atoms with Crippen molar-refractivity contribution < 1.29 is 9.53 Å². The average Bonchev–Trinajstić information content (AvgIpc) is 2.99. The molecule has 1 amide bonds. The van der Waals surface area contributed by atoms with Gasteiger partial charge < -0.3 is 20.7 Å². The van der Waals surface area contributed by atoms with Crippen LogP contribution in [0.4, 0.5) is 4.79 Å². The molecule has 4 atom stereocenters. The van der Waals surface area contributed by atoms with Gasteiger partial charge >= 0.3 is 6.09 Å².